The molecule has 0 aliphatic rings. The number of amides is 1. The molecule has 1 aromatic carbocycles. The van der Waals surface area contributed by atoms with Gasteiger partial charge in [0.1, 0.15) is 5.58 Å². The van der Waals surface area contributed by atoms with E-state index in [1.54, 1.807) is 12.1 Å². The Morgan fingerprint density at radius 3 is 2.69 bits per heavy atom. The lowest BCUT2D eigenvalue weighted by Crippen LogP contribution is -2.23. The summed E-state index contributed by atoms with van der Waals surface area (Å²) in [7, 11) is 1.39. The van der Waals surface area contributed by atoms with Crippen LogP contribution in [-0.4, -0.2) is 36.8 Å². The Bertz CT molecular complexity index is 785. The number of nitrogens with one attached hydrogen (secondary N) is 2. The molecule has 6 nitrogen and oxygen atoms in total. The van der Waals surface area contributed by atoms with Crippen molar-refractivity contribution < 1.29 is 18.7 Å². The molecular weight excluding hydrogens is 352 g/mol. The van der Waals surface area contributed by atoms with Gasteiger partial charge >= 0.3 is 5.97 Å². The standard InChI is InChI=1S/C19H24N2O4S/c1-24-17(22)7-5-3-4-6-10-21-19(23)16-12-14-11-13(18(20)26-2)8-9-15(14)25-16/h8-9,11-12,20H,3-7,10H2,1-2H3,(H,21,23). The van der Waals surface area contributed by atoms with Crippen molar-refractivity contribution in [1.82, 2.24) is 5.32 Å². The van der Waals surface area contributed by atoms with E-state index in [0.29, 0.717) is 23.6 Å². The molecule has 0 saturated heterocycles. The zero-order valence-electron chi connectivity index (χ0n) is 15.1. The van der Waals surface area contributed by atoms with Crippen LogP contribution >= 0.6 is 11.8 Å². The Morgan fingerprint density at radius 1 is 1.19 bits per heavy atom. The minimum Gasteiger partial charge on any atom is -0.469 e. The van der Waals surface area contributed by atoms with Gasteiger partial charge in [0.25, 0.3) is 5.91 Å². The van der Waals surface area contributed by atoms with E-state index >= 15 is 0 Å². The molecule has 2 aromatic rings. The van der Waals surface area contributed by atoms with Crippen LogP contribution in [0.5, 0.6) is 0 Å². The van der Waals surface area contributed by atoms with Crippen molar-refractivity contribution in [3.05, 3.63) is 35.6 Å². The van der Waals surface area contributed by atoms with Crippen molar-refractivity contribution in [3.8, 4) is 0 Å². The number of unbranched alkanes of at least 4 members (excludes halogenated alkanes) is 3. The number of rotatable bonds is 9. The molecule has 1 amide bonds. The molecule has 0 aliphatic carbocycles. The summed E-state index contributed by atoms with van der Waals surface area (Å²) in [6.07, 6.45) is 5.82. The first-order chi connectivity index (χ1) is 12.5. The van der Waals surface area contributed by atoms with Gasteiger partial charge in [-0.2, -0.15) is 0 Å². The average Bonchev–Trinajstić information content (AvgIpc) is 3.09. The number of furan rings is 1. The Hall–Kier alpha value is -2.28. The number of ether oxygens (including phenoxy) is 1. The highest BCUT2D eigenvalue weighted by Gasteiger charge is 2.13. The lowest BCUT2D eigenvalue weighted by Gasteiger charge is -2.03. The molecule has 0 bridgehead atoms. The predicted molar refractivity (Wildman–Crippen MR) is 104 cm³/mol. The molecule has 0 radical (unpaired) electrons. The van der Waals surface area contributed by atoms with Gasteiger partial charge in [-0.1, -0.05) is 12.8 Å². The van der Waals surface area contributed by atoms with E-state index < -0.39 is 0 Å². The third kappa shape index (κ3) is 5.62. The first kappa shape index (κ1) is 20.0. The molecule has 2 N–H and O–H groups in total. The van der Waals surface area contributed by atoms with Crippen molar-refractivity contribution >= 4 is 39.7 Å². The van der Waals surface area contributed by atoms with Gasteiger partial charge in [0.2, 0.25) is 0 Å². The maximum Gasteiger partial charge on any atom is 0.305 e. The summed E-state index contributed by atoms with van der Waals surface area (Å²) in [5.74, 6) is -0.144. The number of esters is 1. The second-order valence-corrected chi connectivity index (χ2v) is 6.71. The zero-order valence-corrected chi connectivity index (χ0v) is 15.9. The van der Waals surface area contributed by atoms with Gasteiger partial charge in [-0.25, -0.2) is 0 Å². The summed E-state index contributed by atoms with van der Waals surface area (Å²) in [6, 6.07) is 7.17. The summed E-state index contributed by atoms with van der Waals surface area (Å²) in [6.45, 7) is 0.566. The minimum atomic E-state index is -0.239. The van der Waals surface area contributed by atoms with E-state index in [1.165, 1.54) is 18.9 Å². The monoisotopic (exact) mass is 376 g/mol. The van der Waals surface area contributed by atoms with Crippen molar-refractivity contribution in [3.63, 3.8) is 0 Å². The summed E-state index contributed by atoms with van der Waals surface area (Å²) in [5, 5.41) is 12.0. The number of carbonyl (C=O) groups excluding carboxylic acids is 2. The van der Waals surface area contributed by atoms with E-state index in [4.69, 9.17) is 9.83 Å². The van der Waals surface area contributed by atoms with Crippen molar-refractivity contribution in [2.75, 3.05) is 19.9 Å². The number of methoxy groups -OCH3 is 1. The molecule has 0 aliphatic heterocycles. The quantitative estimate of drug-likeness (QED) is 0.299. The number of thioether (sulfide) groups is 1. The molecule has 26 heavy (non-hydrogen) atoms. The molecule has 1 aromatic heterocycles. The maximum absolute atomic E-state index is 12.2. The number of fused-ring (bicyclic) bond motifs is 1. The SMILES string of the molecule is COC(=O)CCCCCCNC(=O)c1cc2cc(C(=N)SC)ccc2o1. The van der Waals surface area contributed by atoms with Crippen LogP contribution < -0.4 is 5.32 Å². The Kier molecular flexibility index (Phi) is 7.72. The third-order valence-electron chi connectivity index (χ3n) is 4.03. The summed E-state index contributed by atoms with van der Waals surface area (Å²) in [5.41, 5.74) is 1.44. The molecule has 0 spiro atoms. The van der Waals surface area contributed by atoms with Gasteiger partial charge in [-0.3, -0.25) is 15.0 Å². The Labute approximate surface area is 157 Å². The fraction of sp³-hybridized carbons (Fsp3) is 0.421. The molecule has 0 atom stereocenters. The van der Waals surface area contributed by atoms with E-state index in [1.807, 2.05) is 18.4 Å². The molecule has 2 rings (SSSR count). The zero-order chi connectivity index (χ0) is 18.9. The first-order valence-electron chi connectivity index (χ1n) is 8.56. The first-order valence-corrected chi connectivity index (χ1v) is 9.79. The molecule has 1 heterocycles. The van der Waals surface area contributed by atoms with Gasteiger partial charge in [0, 0.05) is 23.9 Å². The van der Waals surface area contributed by atoms with Crippen LogP contribution in [0, 0.1) is 5.41 Å². The van der Waals surface area contributed by atoms with Crippen LogP contribution in [0.2, 0.25) is 0 Å². The van der Waals surface area contributed by atoms with E-state index in [2.05, 4.69) is 10.1 Å². The lowest BCUT2D eigenvalue weighted by molar-refractivity contribution is -0.140. The van der Waals surface area contributed by atoms with Crippen molar-refractivity contribution in [2.45, 2.75) is 32.1 Å². The van der Waals surface area contributed by atoms with Crippen molar-refractivity contribution in [1.29, 1.82) is 5.41 Å². The summed E-state index contributed by atoms with van der Waals surface area (Å²) in [4.78, 5) is 23.2. The minimum absolute atomic E-state index is 0.181. The molecular formula is C19H24N2O4S. The van der Waals surface area contributed by atoms with Crippen LogP contribution in [0.25, 0.3) is 11.0 Å². The predicted octanol–water partition coefficient (Wildman–Crippen LogP) is 3.97. The van der Waals surface area contributed by atoms with E-state index in [-0.39, 0.29) is 17.6 Å². The van der Waals surface area contributed by atoms with Crippen molar-refractivity contribution in [2.24, 2.45) is 0 Å². The van der Waals surface area contributed by atoms with E-state index in [9.17, 15) is 9.59 Å². The van der Waals surface area contributed by atoms with Gasteiger partial charge in [0.05, 0.1) is 12.2 Å². The molecule has 0 unspecified atom stereocenters. The number of benzene rings is 1. The normalized spacial score (nSPS) is 10.7. The maximum atomic E-state index is 12.2. The highest BCUT2D eigenvalue weighted by Crippen LogP contribution is 2.22. The fourth-order valence-electron chi connectivity index (χ4n) is 2.55. The van der Waals surface area contributed by atoms with Crippen LogP contribution in [0.4, 0.5) is 0 Å². The van der Waals surface area contributed by atoms with E-state index in [0.717, 1.165) is 36.6 Å². The van der Waals surface area contributed by atoms with Crippen LogP contribution in [0.3, 0.4) is 0 Å². The largest absolute Gasteiger partial charge is 0.469 e. The highest BCUT2D eigenvalue weighted by atomic mass is 32.2. The van der Waals surface area contributed by atoms with Gasteiger partial charge in [0.15, 0.2) is 5.76 Å². The van der Waals surface area contributed by atoms with Gasteiger partial charge in [-0.05, 0) is 43.4 Å². The number of hydrogen-bond donors (Lipinski definition) is 2. The average molecular weight is 376 g/mol. The summed E-state index contributed by atoms with van der Waals surface area (Å²) < 4.78 is 10.2. The van der Waals surface area contributed by atoms with Gasteiger partial charge < -0.3 is 14.5 Å². The van der Waals surface area contributed by atoms with Crippen LogP contribution in [0.15, 0.2) is 28.7 Å². The second-order valence-electron chi connectivity index (χ2n) is 5.89. The van der Waals surface area contributed by atoms with Crippen LogP contribution in [0.1, 0.15) is 48.2 Å². The molecule has 0 saturated carbocycles. The molecule has 140 valence electrons. The molecule has 7 heteroatoms. The second kappa shape index (κ2) is 10.0. The summed E-state index contributed by atoms with van der Waals surface area (Å²) >= 11 is 1.37. The smallest absolute Gasteiger partial charge is 0.305 e. The fourth-order valence-corrected chi connectivity index (χ4v) is 2.92. The third-order valence-corrected chi connectivity index (χ3v) is 4.67. The van der Waals surface area contributed by atoms with Crippen LogP contribution in [-0.2, 0) is 9.53 Å². The van der Waals surface area contributed by atoms with Gasteiger partial charge in [-0.15, -0.1) is 11.8 Å². The Morgan fingerprint density at radius 2 is 1.96 bits per heavy atom. The number of hydrogen-bond acceptors (Lipinski definition) is 6. The molecule has 0 fully saturated rings. The topological polar surface area (TPSA) is 92.4 Å². The Balaban J connectivity index is 1.78. The highest BCUT2D eigenvalue weighted by molar-refractivity contribution is 8.13. The number of carbonyl (C=O) groups is 2. The lowest BCUT2D eigenvalue weighted by atomic mass is 10.1.